The maximum absolute atomic E-state index is 16.2. The summed E-state index contributed by atoms with van der Waals surface area (Å²) in [5, 5.41) is 2.74. The molecule has 6 nitrogen and oxygen atoms in total. The van der Waals surface area contributed by atoms with Gasteiger partial charge in [-0.05, 0) is 19.8 Å². The van der Waals surface area contributed by atoms with Crippen LogP contribution in [0.5, 0.6) is 0 Å². The van der Waals surface area contributed by atoms with Gasteiger partial charge in [-0.3, -0.25) is 0 Å². The Morgan fingerprint density at radius 3 is 1.31 bits per heavy atom. The summed E-state index contributed by atoms with van der Waals surface area (Å²) >= 11 is 8.09. The molecule has 2 unspecified atom stereocenters. The van der Waals surface area contributed by atoms with Gasteiger partial charge in [0.2, 0.25) is 0 Å². The van der Waals surface area contributed by atoms with Crippen molar-refractivity contribution in [2.24, 2.45) is 11.8 Å². The topological polar surface area (TPSA) is 77.3 Å². The first-order chi connectivity index (χ1) is 38.7. The molecule has 1 aliphatic heterocycles. The maximum atomic E-state index is 16.2. The normalized spacial score (nSPS) is 14.3. The second-order valence-corrected chi connectivity index (χ2v) is 33.2. The number of rotatable bonds is 23. The van der Waals surface area contributed by atoms with Crippen LogP contribution in [0.1, 0.15) is 121 Å². The van der Waals surface area contributed by atoms with Gasteiger partial charge in [0, 0.05) is 9.75 Å². The number of nitrogens with zero attached hydrogens (tertiary/aromatic N) is 6. The Balaban J connectivity index is 1.03. The van der Waals surface area contributed by atoms with Crippen LogP contribution in [-0.4, -0.2) is 35.5 Å². The Morgan fingerprint density at radius 1 is 0.438 bits per heavy atom. The van der Waals surface area contributed by atoms with Crippen LogP contribution in [0, 0.1) is 65.3 Å². The quantitative estimate of drug-likeness (QED) is 0.0361. The van der Waals surface area contributed by atoms with Crippen molar-refractivity contribution in [2.75, 3.05) is 0 Å². The van der Waals surface area contributed by atoms with Crippen LogP contribution in [0.4, 0.5) is 35.1 Å². The Labute approximate surface area is 491 Å². The Morgan fingerprint density at radius 2 is 0.863 bits per heavy atom. The minimum atomic E-state index is -3.15. The minimum absolute atomic E-state index is 0.0283. The summed E-state index contributed by atoms with van der Waals surface area (Å²) in [6.07, 6.45) is 15.4. The molecule has 10 aromatic rings. The number of unbranched alkanes of at least 4 members (excludes halogenated alkanes) is 5. The van der Waals surface area contributed by atoms with Crippen LogP contribution >= 0.6 is 91.5 Å². The van der Waals surface area contributed by atoms with Crippen LogP contribution in [0.25, 0.3) is 93.4 Å². The van der Waals surface area contributed by atoms with Gasteiger partial charge in [0.15, 0.2) is 11.6 Å². The summed E-state index contributed by atoms with van der Waals surface area (Å²) in [5.41, 5.74) is 3.03. The number of halogens is 8. The van der Waals surface area contributed by atoms with Crippen molar-refractivity contribution in [3.8, 4) is 71.3 Å². The number of thiophene rings is 6. The molecular weight excluding hydrogens is 1210 g/mol. The first-order valence-corrected chi connectivity index (χ1v) is 36.4. The van der Waals surface area contributed by atoms with E-state index in [0.717, 1.165) is 148 Å². The minimum Gasteiger partial charge on any atom is -0.202 e. The molecule has 0 radical (unpaired) electrons. The van der Waals surface area contributed by atoms with Crippen molar-refractivity contribution in [1.82, 2.24) is 27.5 Å². The molecular formula is C57H55F8N6S8Si-. The summed E-state index contributed by atoms with van der Waals surface area (Å²) in [6, 6.07) is 6.75. The number of aryl methyl sites for hydroxylation is 2. The van der Waals surface area contributed by atoms with Gasteiger partial charge in [-0.15, -0.1) is 0 Å². The van der Waals surface area contributed by atoms with E-state index in [9.17, 15) is 8.78 Å². The molecule has 0 bridgehead atoms. The molecule has 0 aromatic carbocycles. The van der Waals surface area contributed by atoms with E-state index >= 15 is 26.3 Å². The molecule has 11 rings (SSSR count). The zero-order valence-corrected chi connectivity index (χ0v) is 52.3. The van der Waals surface area contributed by atoms with E-state index < -0.39 is 54.6 Å². The summed E-state index contributed by atoms with van der Waals surface area (Å²) in [6.45, 7) is 12.5. The summed E-state index contributed by atoms with van der Waals surface area (Å²) in [4.78, 5) is 12.7. The van der Waals surface area contributed by atoms with E-state index in [1.165, 1.54) is 29.7 Å². The summed E-state index contributed by atoms with van der Waals surface area (Å²) in [5.74, 6) is -8.48. The first-order valence-electron chi connectivity index (χ1n) is 27.3. The van der Waals surface area contributed by atoms with E-state index in [-0.39, 0.29) is 50.1 Å². The van der Waals surface area contributed by atoms with Gasteiger partial charge < -0.3 is 0 Å². The molecule has 0 aliphatic carbocycles. The molecule has 11 heterocycles. The van der Waals surface area contributed by atoms with Crippen LogP contribution in [0.15, 0.2) is 24.5 Å². The Kier molecular flexibility index (Phi) is 17.1. The molecule has 2 atom stereocenters. The number of fused-ring (bicyclic) bond motifs is 5. The van der Waals surface area contributed by atoms with E-state index in [2.05, 4.69) is 55.5 Å². The standard InChI is InChI=1S/C57H55F8N6S8Si/c1-7-12-15-16-19-31-37(59)39(61)55(73-31)57-43(65)41(63)51(77-57)30-23-67-47(49-45(30)69-79-71-49)33-21-35-53(75-33)52-34(80(35,24-27(10-4)17-13-8-2)25-28(11-5)18-14-9-3)20-32(74-52)46-48-44(68-78-70-48)29(22-66-46)50-40(62)42(64)56(76-50)54-38(60)36(58)26(6)72-54/h20-23,27-28,80H,7-19,24-25H2,1-6H3/q-1. The average molecular weight is 1260 g/mol. The molecule has 0 spiro atoms. The summed E-state index contributed by atoms with van der Waals surface area (Å²) in [7, 11) is -3.15. The molecule has 0 saturated carbocycles. The van der Waals surface area contributed by atoms with Crippen molar-refractivity contribution in [3.63, 3.8) is 0 Å². The van der Waals surface area contributed by atoms with Crippen molar-refractivity contribution < 1.29 is 35.1 Å². The van der Waals surface area contributed by atoms with Crippen molar-refractivity contribution in [1.29, 1.82) is 0 Å². The predicted octanol–water partition coefficient (Wildman–Crippen LogP) is 20.1. The van der Waals surface area contributed by atoms with Gasteiger partial charge in [0.1, 0.15) is 0 Å². The fourth-order valence-electron chi connectivity index (χ4n) is 11.8. The van der Waals surface area contributed by atoms with Crippen LogP contribution in [0.2, 0.25) is 12.1 Å². The SMILES string of the molecule is CCCCCCc1sc(-c2sc(-c3cnc(-c4cc5c(s4)-c4sc(-c6ncc(-c7sc(-c8sc(C)c(F)c8F)c(F)c7F)c7nsnc67)cc4[SiH-]5(CC(CC)CCCC)CC(CC)CCCC)c4nsnc34)c(F)c2F)c(F)c1F. The van der Waals surface area contributed by atoms with Gasteiger partial charge in [-0.2, -0.15) is 0 Å². The van der Waals surface area contributed by atoms with Gasteiger partial charge in [-0.1, -0.05) is 26.2 Å². The number of pyridine rings is 2. The van der Waals surface area contributed by atoms with Crippen LogP contribution in [0.3, 0.4) is 0 Å². The fourth-order valence-corrected chi connectivity index (χ4v) is 29.1. The van der Waals surface area contributed by atoms with E-state index in [0.29, 0.717) is 80.8 Å². The second kappa shape index (κ2) is 23.8. The van der Waals surface area contributed by atoms with Gasteiger partial charge >= 0.3 is 411 Å². The van der Waals surface area contributed by atoms with Crippen molar-refractivity contribution in [3.05, 3.63) is 80.8 Å². The van der Waals surface area contributed by atoms with E-state index in [1.54, 1.807) is 22.7 Å². The Bertz CT molecular complexity index is 3900. The average Bonchev–Trinajstić information content (AvgIpc) is 4.54. The number of hydrogen-bond acceptors (Lipinski definition) is 14. The first kappa shape index (κ1) is 57.6. The Hall–Kier alpha value is -4.20. The molecule has 1 aliphatic rings. The monoisotopic (exact) mass is 1260 g/mol. The molecule has 80 heavy (non-hydrogen) atoms. The van der Waals surface area contributed by atoms with Gasteiger partial charge in [0.05, 0.1) is 0 Å². The molecule has 10 aromatic heterocycles. The van der Waals surface area contributed by atoms with Crippen LogP contribution in [-0.2, 0) is 6.42 Å². The van der Waals surface area contributed by atoms with Gasteiger partial charge in [-0.25, -0.2) is 17.6 Å². The zero-order chi connectivity index (χ0) is 56.3. The number of aromatic nitrogens is 6. The molecule has 23 heteroatoms. The number of hydrogen-bond donors (Lipinski definition) is 0. The smallest absolute Gasteiger partial charge is 0.202 e. The van der Waals surface area contributed by atoms with Crippen molar-refractivity contribution >= 4 is 132 Å². The van der Waals surface area contributed by atoms with Gasteiger partial charge in [0.25, 0.3) is 0 Å². The summed E-state index contributed by atoms with van der Waals surface area (Å²) < 4.78 is 143. The van der Waals surface area contributed by atoms with E-state index in [1.807, 2.05) is 0 Å². The second-order valence-electron chi connectivity index (χ2n) is 21.0. The molecule has 0 saturated heterocycles. The molecule has 0 fully saturated rings. The predicted molar refractivity (Wildman–Crippen MR) is 324 cm³/mol. The zero-order valence-electron chi connectivity index (χ0n) is 44.6. The van der Waals surface area contributed by atoms with E-state index in [4.69, 9.17) is 18.7 Å². The molecule has 422 valence electrons. The molecule has 0 N–H and O–H groups in total. The third-order valence-electron chi connectivity index (χ3n) is 16.1. The fraction of sp³-hybridized carbons (Fsp3) is 0.404. The van der Waals surface area contributed by atoms with Crippen LogP contribution < -0.4 is 10.4 Å². The third kappa shape index (κ3) is 10.00. The van der Waals surface area contributed by atoms with Crippen molar-refractivity contribution in [2.45, 2.75) is 137 Å². The third-order valence-corrected chi connectivity index (χ3v) is 31.2. The molecule has 0 amide bonds.